The first-order chi connectivity index (χ1) is 5.18. The molecule has 1 amide bonds. The number of aryl methyl sites for hydroxylation is 1. The minimum absolute atomic E-state index is 0.146. The lowest BCUT2D eigenvalue weighted by Gasteiger charge is -1.95. The molecule has 1 rings (SSSR count). The van der Waals surface area contributed by atoms with Crippen LogP contribution in [0.15, 0.2) is 5.38 Å². The van der Waals surface area contributed by atoms with E-state index < -0.39 is 0 Å². The minimum Gasteiger partial charge on any atom is -0.368 e. The van der Waals surface area contributed by atoms with E-state index in [0.29, 0.717) is 0 Å². The molecular weight excluding hydrogens is 162 g/mol. The molecule has 0 bridgehead atoms. The Kier molecular flexibility index (Phi) is 2.43. The molecule has 1 aromatic rings. The predicted molar refractivity (Wildman–Crippen MR) is 44.5 cm³/mol. The van der Waals surface area contributed by atoms with Crippen LogP contribution in [0.4, 0.5) is 5.13 Å². The quantitative estimate of drug-likeness (QED) is 0.689. The molecule has 1 aromatic heterocycles. The summed E-state index contributed by atoms with van der Waals surface area (Å²) in [5.74, 6) is -0.377. The molecular formula is C6H9N3OS. The topological polar surface area (TPSA) is 68.0 Å². The molecule has 0 radical (unpaired) electrons. The number of rotatable bonds is 3. The Hall–Kier alpha value is -1.10. The molecule has 3 N–H and O–H groups in total. The fourth-order valence-corrected chi connectivity index (χ4v) is 1.28. The third kappa shape index (κ3) is 2.55. The number of amides is 1. The fraction of sp³-hybridized carbons (Fsp3) is 0.333. The molecule has 1 heterocycles. The van der Waals surface area contributed by atoms with Crippen molar-refractivity contribution in [2.45, 2.75) is 6.92 Å². The number of carbonyl (C=O) groups excluding carboxylic acids is 1. The summed E-state index contributed by atoms with van der Waals surface area (Å²) in [7, 11) is 0. The highest BCUT2D eigenvalue weighted by atomic mass is 32.1. The largest absolute Gasteiger partial charge is 0.368 e. The first-order valence-electron chi connectivity index (χ1n) is 3.13. The third-order valence-corrected chi connectivity index (χ3v) is 1.95. The van der Waals surface area contributed by atoms with Gasteiger partial charge in [-0.1, -0.05) is 0 Å². The lowest BCUT2D eigenvalue weighted by molar-refractivity contribution is -0.116. The van der Waals surface area contributed by atoms with E-state index in [9.17, 15) is 4.79 Å². The van der Waals surface area contributed by atoms with Crippen molar-refractivity contribution in [3.8, 4) is 0 Å². The Balaban J connectivity index is 2.45. The van der Waals surface area contributed by atoms with Gasteiger partial charge in [-0.15, -0.1) is 11.3 Å². The van der Waals surface area contributed by atoms with E-state index in [1.54, 1.807) is 0 Å². The molecule has 0 spiro atoms. The normalized spacial score (nSPS) is 9.55. The van der Waals surface area contributed by atoms with Gasteiger partial charge in [0.2, 0.25) is 5.91 Å². The van der Waals surface area contributed by atoms with Gasteiger partial charge in [0.1, 0.15) is 0 Å². The number of hydrogen-bond acceptors (Lipinski definition) is 4. The van der Waals surface area contributed by atoms with Crippen LogP contribution >= 0.6 is 11.3 Å². The highest BCUT2D eigenvalue weighted by Crippen LogP contribution is 2.13. The van der Waals surface area contributed by atoms with E-state index >= 15 is 0 Å². The molecule has 60 valence electrons. The van der Waals surface area contributed by atoms with Crippen LogP contribution in [0, 0.1) is 6.92 Å². The van der Waals surface area contributed by atoms with Crippen molar-refractivity contribution in [3.63, 3.8) is 0 Å². The molecule has 0 fully saturated rings. The molecule has 0 aliphatic rings. The van der Waals surface area contributed by atoms with Crippen LogP contribution in [0.5, 0.6) is 0 Å². The maximum atomic E-state index is 10.3. The number of thiazole rings is 1. The maximum absolute atomic E-state index is 10.3. The molecule has 0 saturated carbocycles. The Bertz CT molecular complexity index is 258. The van der Waals surface area contributed by atoms with Crippen LogP contribution in [-0.4, -0.2) is 17.4 Å². The van der Waals surface area contributed by atoms with Crippen LogP contribution in [0.1, 0.15) is 5.69 Å². The first-order valence-corrected chi connectivity index (χ1v) is 4.01. The van der Waals surface area contributed by atoms with Gasteiger partial charge < -0.3 is 11.1 Å². The van der Waals surface area contributed by atoms with Gasteiger partial charge in [-0.3, -0.25) is 4.79 Å². The highest BCUT2D eigenvalue weighted by Gasteiger charge is 1.98. The zero-order valence-electron chi connectivity index (χ0n) is 6.13. The van der Waals surface area contributed by atoms with Crippen molar-refractivity contribution in [1.82, 2.24) is 4.98 Å². The summed E-state index contributed by atoms with van der Waals surface area (Å²) in [5.41, 5.74) is 5.87. The SMILES string of the molecule is Cc1csc(NCC(N)=O)n1. The van der Waals surface area contributed by atoms with Crippen LogP contribution in [-0.2, 0) is 4.79 Å². The summed E-state index contributed by atoms with van der Waals surface area (Å²) < 4.78 is 0. The van der Waals surface area contributed by atoms with E-state index in [4.69, 9.17) is 5.73 Å². The van der Waals surface area contributed by atoms with Gasteiger partial charge in [-0.2, -0.15) is 0 Å². The molecule has 4 nitrogen and oxygen atoms in total. The van der Waals surface area contributed by atoms with Crippen molar-refractivity contribution >= 4 is 22.4 Å². The van der Waals surface area contributed by atoms with Gasteiger partial charge in [0, 0.05) is 5.38 Å². The number of nitrogens with two attached hydrogens (primary N) is 1. The number of hydrogen-bond donors (Lipinski definition) is 2. The van der Waals surface area contributed by atoms with Crippen molar-refractivity contribution in [2.24, 2.45) is 5.73 Å². The van der Waals surface area contributed by atoms with E-state index in [1.165, 1.54) is 11.3 Å². The predicted octanol–water partition coefficient (Wildman–Crippen LogP) is 0.349. The average Bonchev–Trinajstić information content (AvgIpc) is 2.31. The standard InChI is InChI=1S/C6H9N3OS/c1-4-3-11-6(9-4)8-2-5(7)10/h3H,2H2,1H3,(H2,7,10)(H,8,9). The Morgan fingerprint density at radius 1 is 1.91 bits per heavy atom. The smallest absolute Gasteiger partial charge is 0.236 e. The monoisotopic (exact) mass is 171 g/mol. The molecule has 5 heteroatoms. The minimum atomic E-state index is -0.377. The molecule has 11 heavy (non-hydrogen) atoms. The number of carbonyl (C=O) groups is 1. The lowest BCUT2D eigenvalue weighted by Crippen LogP contribution is -2.21. The zero-order chi connectivity index (χ0) is 8.27. The molecule has 0 saturated heterocycles. The van der Waals surface area contributed by atoms with Crippen LogP contribution in [0.2, 0.25) is 0 Å². The first kappa shape index (κ1) is 8.00. The summed E-state index contributed by atoms with van der Waals surface area (Å²) in [6, 6.07) is 0. The van der Waals surface area contributed by atoms with Crippen molar-refractivity contribution in [1.29, 1.82) is 0 Å². The average molecular weight is 171 g/mol. The summed E-state index contributed by atoms with van der Waals surface area (Å²) in [5, 5.41) is 5.44. The fourth-order valence-electron chi connectivity index (χ4n) is 0.598. The summed E-state index contributed by atoms with van der Waals surface area (Å²) in [6.07, 6.45) is 0. The molecule has 0 aliphatic carbocycles. The molecule has 0 aromatic carbocycles. The van der Waals surface area contributed by atoms with Crippen molar-refractivity contribution in [2.75, 3.05) is 11.9 Å². The number of nitrogens with one attached hydrogen (secondary N) is 1. The number of primary amides is 1. The Morgan fingerprint density at radius 2 is 2.64 bits per heavy atom. The number of nitrogens with zero attached hydrogens (tertiary/aromatic N) is 1. The van der Waals surface area contributed by atoms with Gasteiger partial charge in [-0.25, -0.2) is 4.98 Å². The van der Waals surface area contributed by atoms with E-state index in [1.807, 2.05) is 12.3 Å². The second-order valence-corrected chi connectivity index (χ2v) is 2.97. The number of aromatic nitrogens is 1. The summed E-state index contributed by atoms with van der Waals surface area (Å²) in [6.45, 7) is 2.04. The molecule has 0 unspecified atom stereocenters. The second kappa shape index (κ2) is 3.34. The Labute approximate surface area is 68.4 Å². The van der Waals surface area contributed by atoms with Crippen molar-refractivity contribution < 1.29 is 4.79 Å². The van der Waals surface area contributed by atoms with Gasteiger partial charge in [0.05, 0.1) is 12.2 Å². The van der Waals surface area contributed by atoms with Crippen LogP contribution in [0.3, 0.4) is 0 Å². The Morgan fingerprint density at radius 3 is 3.09 bits per heavy atom. The van der Waals surface area contributed by atoms with Crippen LogP contribution in [0.25, 0.3) is 0 Å². The summed E-state index contributed by atoms with van der Waals surface area (Å²) >= 11 is 1.46. The summed E-state index contributed by atoms with van der Waals surface area (Å²) in [4.78, 5) is 14.4. The van der Waals surface area contributed by atoms with Crippen molar-refractivity contribution in [3.05, 3.63) is 11.1 Å². The molecule has 0 aliphatic heterocycles. The van der Waals surface area contributed by atoms with E-state index in [2.05, 4.69) is 10.3 Å². The van der Waals surface area contributed by atoms with E-state index in [-0.39, 0.29) is 12.5 Å². The van der Waals surface area contributed by atoms with Gasteiger partial charge in [-0.05, 0) is 6.92 Å². The highest BCUT2D eigenvalue weighted by molar-refractivity contribution is 7.13. The lowest BCUT2D eigenvalue weighted by atomic mass is 10.6. The number of anilines is 1. The van der Waals surface area contributed by atoms with Gasteiger partial charge in [0.25, 0.3) is 0 Å². The maximum Gasteiger partial charge on any atom is 0.236 e. The second-order valence-electron chi connectivity index (χ2n) is 2.11. The van der Waals surface area contributed by atoms with E-state index in [0.717, 1.165) is 10.8 Å². The zero-order valence-corrected chi connectivity index (χ0v) is 6.94. The van der Waals surface area contributed by atoms with Gasteiger partial charge >= 0.3 is 0 Å². The van der Waals surface area contributed by atoms with Gasteiger partial charge in [0.15, 0.2) is 5.13 Å². The van der Waals surface area contributed by atoms with Crippen LogP contribution < -0.4 is 11.1 Å². The molecule has 0 atom stereocenters. The third-order valence-electron chi connectivity index (χ3n) is 1.03.